The third kappa shape index (κ3) is 4.19. The number of aliphatic hydroxyl groups is 1. The predicted molar refractivity (Wildman–Crippen MR) is 106 cm³/mol. The Hall–Kier alpha value is -2.03. The molecule has 1 aromatic carbocycles. The molecule has 1 unspecified atom stereocenters. The Labute approximate surface area is 169 Å². The molecule has 3 rings (SSSR count). The largest absolute Gasteiger partial charge is 0.495 e. The molecule has 2 heterocycles. The van der Waals surface area contributed by atoms with Crippen LogP contribution in [0.25, 0.3) is 0 Å². The Morgan fingerprint density at radius 1 is 1.43 bits per heavy atom. The fourth-order valence-corrected chi connectivity index (χ4v) is 3.98. The lowest BCUT2D eigenvalue weighted by Gasteiger charge is -2.41. The van der Waals surface area contributed by atoms with Gasteiger partial charge >= 0.3 is 0 Å². The number of amides is 2. The summed E-state index contributed by atoms with van der Waals surface area (Å²) in [4.78, 5) is 28.7. The van der Waals surface area contributed by atoms with Gasteiger partial charge in [0.1, 0.15) is 5.75 Å². The van der Waals surface area contributed by atoms with Crippen LogP contribution >= 0.6 is 11.6 Å². The number of nitrogens with zero attached hydrogens (tertiary/aromatic N) is 2. The maximum Gasteiger partial charge on any atom is 0.243 e. The van der Waals surface area contributed by atoms with E-state index in [1.54, 1.807) is 14.0 Å². The van der Waals surface area contributed by atoms with Crippen LogP contribution in [-0.2, 0) is 9.59 Å². The summed E-state index contributed by atoms with van der Waals surface area (Å²) in [6.45, 7) is 5.67. The van der Waals surface area contributed by atoms with Crippen molar-refractivity contribution >= 4 is 29.1 Å². The molecule has 3 atom stereocenters. The standard InChI is InChI=1S/C19H27ClN4O4/c1-12-11-23(16(25)6-7-19(2)17(26)21-18(27)22-19)8-9-24(12)13-4-5-14(20)15(10-13)28-3/h4-5,10,12,18,22,27H,6-9,11H2,1-3H3,(H,21,26)/t12-,18?,19-/m0/s1. The molecule has 2 amide bonds. The number of anilines is 1. The fraction of sp³-hybridized carbons (Fsp3) is 0.579. The quantitative estimate of drug-likeness (QED) is 0.668. The first kappa shape index (κ1) is 20.7. The number of halogens is 1. The molecule has 0 bridgehead atoms. The summed E-state index contributed by atoms with van der Waals surface area (Å²) in [5.74, 6) is 0.350. The molecule has 2 saturated heterocycles. The minimum Gasteiger partial charge on any atom is -0.495 e. The number of methoxy groups -OCH3 is 1. The molecule has 154 valence electrons. The number of carbonyl (C=O) groups is 2. The van der Waals surface area contributed by atoms with Crippen molar-refractivity contribution in [1.82, 2.24) is 15.5 Å². The summed E-state index contributed by atoms with van der Waals surface area (Å²) >= 11 is 6.11. The van der Waals surface area contributed by atoms with Gasteiger partial charge in [0, 0.05) is 43.9 Å². The van der Waals surface area contributed by atoms with Gasteiger partial charge < -0.3 is 25.0 Å². The van der Waals surface area contributed by atoms with Crippen molar-refractivity contribution in [2.75, 3.05) is 31.6 Å². The van der Waals surface area contributed by atoms with E-state index >= 15 is 0 Å². The van der Waals surface area contributed by atoms with Gasteiger partial charge in [0.2, 0.25) is 11.8 Å². The molecule has 1 aromatic rings. The molecular weight excluding hydrogens is 384 g/mol. The molecule has 0 radical (unpaired) electrons. The second-order valence-corrected chi connectivity index (χ2v) is 7.96. The minimum atomic E-state index is -1.06. The Morgan fingerprint density at radius 2 is 2.18 bits per heavy atom. The van der Waals surface area contributed by atoms with Crippen molar-refractivity contribution in [2.45, 2.75) is 44.6 Å². The second kappa shape index (κ2) is 8.14. The highest BCUT2D eigenvalue weighted by Crippen LogP contribution is 2.31. The zero-order valence-corrected chi connectivity index (χ0v) is 17.1. The van der Waals surface area contributed by atoms with Crippen LogP contribution in [0.1, 0.15) is 26.7 Å². The SMILES string of the molecule is COc1cc(N2CCN(C(=O)CC[C@]3(C)NC(O)NC3=O)C[C@@H]2C)ccc1Cl. The van der Waals surface area contributed by atoms with E-state index in [1.165, 1.54) is 0 Å². The van der Waals surface area contributed by atoms with Gasteiger partial charge in [-0.25, -0.2) is 0 Å². The highest BCUT2D eigenvalue weighted by Gasteiger charge is 2.42. The smallest absolute Gasteiger partial charge is 0.243 e. The van der Waals surface area contributed by atoms with E-state index in [1.807, 2.05) is 23.1 Å². The van der Waals surface area contributed by atoms with Crippen molar-refractivity contribution in [2.24, 2.45) is 0 Å². The number of nitrogens with one attached hydrogen (secondary N) is 2. The van der Waals surface area contributed by atoms with E-state index in [0.29, 0.717) is 36.8 Å². The van der Waals surface area contributed by atoms with E-state index in [9.17, 15) is 14.7 Å². The number of benzene rings is 1. The van der Waals surface area contributed by atoms with Gasteiger partial charge in [-0.05, 0) is 32.4 Å². The lowest BCUT2D eigenvalue weighted by molar-refractivity contribution is -0.132. The van der Waals surface area contributed by atoms with E-state index in [-0.39, 0.29) is 24.3 Å². The molecule has 0 aliphatic carbocycles. The lowest BCUT2D eigenvalue weighted by atomic mass is 9.95. The van der Waals surface area contributed by atoms with Crippen LogP contribution in [0, 0.1) is 0 Å². The van der Waals surface area contributed by atoms with Crippen molar-refractivity contribution < 1.29 is 19.4 Å². The summed E-state index contributed by atoms with van der Waals surface area (Å²) in [5, 5.41) is 15.3. The maximum absolute atomic E-state index is 12.7. The summed E-state index contributed by atoms with van der Waals surface area (Å²) in [7, 11) is 1.59. The number of hydrogen-bond donors (Lipinski definition) is 3. The van der Waals surface area contributed by atoms with Crippen LogP contribution in [0.4, 0.5) is 5.69 Å². The Kier molecular flexibility index (Phi) is 6.02. The van der Waals surface area contributed by atoms with Crippen molar-refractivity contribution in [1.29, 1.82) is 0 Å². The number of piperazine rings is 1. The van der Waals surface area contributed by atoms with E-state index in [4.69, 9.17) is 16.3 Å². The first-order valence-corrected chi connectivity index (χ1v) is 9.76. The Bertz CT molecular complexity index is 761. The van der Waals surface area contributed by atoms with Crippen LogP contribution in [-0.4, -0.2) is 66.5 Å². The fourth-order valence-electron chi connectivity index (χ4n) is 3.78. The Morgan fingerprint density at radius 3 is 2.79 bits per heavy atom. The first-order valence-electron chi connectivity index (χ1n) is 9.38. The summed E-state index contributed by atoms with van der Waals surface area (Å²) in [6, 6.07) is 5.81. The highest BCUT2D eigenvalue weighted by molar-refractivity contribution is 6.32. The lowest BCUT2D eigenvalue weighted by Crippen LogP contribution is -2.54. The average molecular weight is 411 g/mol. The van der Waals surface area contributed by atoms with Gasteiger partial charge in [-0.15, -0.1) is 0 Å². The molecule has 2 aliphatic heterocycles. The predicted octanol–water partition coefficient (Wildman–Crippen LogP) is 0.920. The summed E-state index contributed by atoms with van der Waals surface area (Å²) in [5.41, 5.74) is 0.0803. The Balaban J connectivity index is 1.57. The van der Waals surface area contributed by atoms with Gasteiger partial charge in [-0.1, -0.05) is 11.6 Å². The van der Waals surface area contributed by atoms with Gasteiger partial charge in [-0.2, -0.15) is 0 Å². The normalized spacial score (nSPS) is 27.7. The molecule has 8 nitrogen and oxygen atoms in total. The monoisotopic (exact) mass is 410 g/mol. The third-order valence-corrected chi connectivity index (χ3v) is 5.82. The zero-order chi connectivity index (χ0) is 20.5. The molecule has 0 spiro atoms. The number of carbonyl (C=O) groups excluding carboxylic acids is 2. The van der Waals surface area contributed by atoms with Gasteiger partial charge in [0.15, 0.2) is 6.35 Å². The van der Waals surface area contributed by atoms with Crippen LogP contribution in [0.2, 0.25) is 5.02 Å². The molecule has 3 N–H and O–H groups in total. The minimum absolute atomic E-state index is 0.0115. The third-order valence-electron chi connectivity index (χ3n) is 5.51. The molecule has 0 aromatic heterocycles. The maximum atomic E-state index is 12.7. The van der Waals surface area contributed by atoms with Crippen LogP contribution < -0.4 is 20.3 Å². The average Bonchev–Trinajstić information content (AvgIpc) is 2.92. The summed E-state index contributed by atoms with van der Waals surface area (Å²) in [6.07, 6.45) is -0.490. The van der Waals surface area contributed by atoms with Crippen molar-refractivity contribution in [3.05, 3.63) is 23.2 Å². The van der Waals surface area contributed by atoms with Crippen molar-refractivity contribution in [3.63, 3.8) is 0 Å². The van der Waals surface area contributed by atoms with E-state index in [0.717, 1.165) is 5.69 Å². The first-order chi connectivity index (χ1) is 13.2. The highest BCUT2D eigenvalue weighted by atomic mass is 35.5. The molecule has 0 saturated carbocycles. The molecular formula is C19H27ClN4O4. The van der Waals surface area contributed by atoms with Gasteiger partial charge in [0.05, 0.1) is 17.7 Å². The van der Waals surface area contributed by atoms with Crippen LogP contribution in [0.5, 0.6) is 5.75 Å². The van der Waals surface area contributed by atoms with Gasteiger partial charge in [-0.3, -0.25) is 14.9 Å². The molecule has 9 heteroatoms. The number of aliphatic hydroxyl groups excluding tert-OH is 1. The van der Waals surface area contributed by atoms with Crippen LogP contribution in [0.3, 0.4) is 0 Å². The number of rotatable bonds is 5. The van der Waals surface area contributed by atoms with Crippen molar-refractivity contribution in [3.8, 4) is 5.75 Å². The molecule has 2 fully saturated rings. The van der Waals surface area contributed by atoms with E-state index in [2.05, 4.69) is 22.5 Å². The second-order valence-electron chi connectivity index (χ2n) is 7.55. The summed E-state index contributed by atoms with van der Waals surface area (Å²) < 4.78 is 5.30. The number of ether oxygens (including phenoxy) is 1. The molecule has 28 heavy (non-hydrogen) atoms. The zero-order valence-electron chi connectivity index (χ0n) is 16.4. The van der Waals surface area contributed by atoms with E-state index < -0.39 is 11.9 Å². The van der Waals surface area contributed by atoms with Gasteiger partial charge in [0.25, 0.3) is 0 Å². The number of hydrogen-bond acceptors (Lipinski definition) is 6. The molecule has 2 aliphatic rings. The topological polar surface area (TPSA) is 94.1 Å². The van der Waals surface area contributed by atoms with Crippen LogP contribution in [0.15, 0.2) is 18.2 Å².